The van der Waals surface area contributed by atoms with E-state index in [4.69, 9.17) is 4.74 Å². The van der Waals surface area contributed by atoms with Crippen molar-refractivity contribution < 1.29 is 14.3 Å². The van der Waals surface area contributed by atoms with Gasteiger partial charge in [0.05, 0.1) is 18.2 Å². The quantitative estimate of drug-likeness (QED) is 0.886. The van der Waals surface area contributed by atoms with Crippen molar-refractivity contribution in [2.24, 2.45) is 7.05 Å². The summed E-state index contributed by atoms with van der Waals surface area (Å²) in [5.41, 5.74) is 4.44. The van der Waals surface area contributed by atoms with Crippen molar-refractivity contribution in [1.29, 1.82) is 0 Å². The lowest BCUT2D eigenvalue weighted by Gasteiger charge is -2.10. The molecule has 1 aromatic carbocycles. The molecule has 0 bridgehead atoms. The molecule has 1 heterocycles. The van der Waals surface area contributed by atoms with Crippen molar-refractivity contribution in [3.63, 3.8) is 0 Å². The molecule has 0 atom stereocenters. The molecule has 1 aromatic heterocycles. The van der Waals surface area contributed by atoms with Gasteiger partial charge >= 0.3 is 5.97 Å². The number of carbonyl (C=O) groups excluding carboxylic acids is 2. The number of aromatic nitrogens is 1. The second-order valence-electron chi connectivity index (χ2n) is 5.32. The van der Waals surface area contributed by atoms with Gasteiger partial charge in [0.2, 0.25) is 0 Å². The number of methoxy groups -OCH3 is 1. The van der Waals surface area contributed by atoms with E-state index in [0.29, 0.717) is 16.8 Å². The Morgan fingerprint density at radius 1 is 1.14 bits per heavy atom. The third kappa shape index (κ3) is 2.88. The summed E-state index contributed by atoms with van der Waals surface area (Å²) in [6.45, 7) is 5.73. The average molecular weight is 300 g/mol. The Hall–Kier alpha value is -2.56. The zero-order valence-electron chi connectivity index (χ0n) is 13.5. The number of carbonyl (C=O) groups is 2. The van der Waals surface area contributed by atoms with Gasteiger partial charge in [-0.3, -0.25) is 4.79 Å². The van der Waals surface area contributed by atoms with Gasteiger partial charge in [0.1, 0.15) is 0 Å². The first kappa shape index (κ1) is 15.8. The molecule has 5 nitrogen and oxygen atoms in total. The van der Waals surface area contributed by atoms with Crippen LogP contribution < -0.4 is 5.32 Å². The molecule has 0 spiro atoms. The molecule has 1 amide bonds. The summed E-state index contributed by atoms with van der Waals surface area (Å²) < 4.78 is 6.67. The van der Waals surface area contributed by atoms with E-state index in [0.717, 1.165) is 17.0 Å². The summed E-state index contributed by atoms with van der Waals surface area (Å²) in [6.07, 6.45) is 0. The minimum absolute atomic E-state index is 0.189. The highest BCUT2D eigenvalue weighted by atomic mass is 16.5. The van der Waals surface area contributed by atoms with E-state index in [1.165, 1.54) is 7.11 Å². The average Bonchev–Trinajstić information content (AvgIpc) is 2.76. The Bertz CT molecular complexity index is 745. The lowest BCUT2D eigenvalue weighted by molar-refractivity contribution is 0.0600. The maximum absolute atomic E-state index is 12.5. The monoisotopic (exact) mass is 300 g/mol. The number of benzene rings is 1. The van der Waals surface area contributed by atoms with E-state index in [2.05, 4.69) is 5.32 Å². The summed E-state index contributed by atoms with van der Waals surface area (Å²) in [6, 6.07) is 6.94. The highest BCUT2D eigenvalue weighted by molar-refractivity contribution is 6.06. The van der Waals surface area contributed by atoms with E-state index in [1.807, 2.05) is 38.5 Å². The summed E-state index contributed by atoms with van der Waals surface area (Å²) in [5.74, 6) is -0.617. The first-order valence-electron chi connectivity index (χ1n) is 6.98. The standard InChI is InChI=1S/C17H20N2O3/c1-10-6-7-13(17(21)22-5)9-15(10)18-16(20)14-8-11(2)19(4)12(14)3/h6-9H,1-5H3,(H,18,20). The number of aryl methyl sites for hydroxylation is 2. The fourth-order valence-corrected chi connectivity index (χ4v) is 2.28. The first-order valence-corrected chi connectivity index (χ1v) is 6.98. The molecule has 0 unspecified atom stereocenters. The maximum Gasteiger partial charge on any atom is 0.337 e. The van der Waals surface area contributed by atoms with Crippen LogP contribution in [0.25, 0.3) is 0 Å². The zero-order valence-corrected chi connectivity index (χ0v) is 13.5. The van der Waals surface area contributed by atoms with E-state index < -0.39 is 5.97 Å². The number of nitrogens with one attached hydrogen (secondary N) is 1. The van der Waals surface area contributed by atoms with Crippen molar-refractivity contribution in [3.8, 4) is 0 Å². The van der Waals surface area contributed by atoms with Crippen molar-refractivity contribution in [2.75, 3.05) is 12.4 Å². The third-order valence-corrected chi connectivity index (χ3v) is 3.93. The highest BCUT2D eigenvalue weighted by Crippen LogP contribution is 2.20. The number of rotatable bonds is 3. The van der Waals surface area contributed by atoms with E-state index >= 15 is 0 Å². The number of ether oxygens (including phenoxy) is 1. The van der Waals surface area contributed by atoms with E-state index in [-0.39, 0.29) is 5.91 Å². The van der Waals surface area contributed by atoms with Gasteiger partial charge in [-0.15, -0.1) is 0 Å². The second-order valence-corrected chi connectivity index (χ2v) is 5.32. The Morgan fingerprint density at radius 2 is 1.82 bits per heavy atom. The van der Waals surface area contributed by atoms with Crippen LogP contribution in [-0.2, 0) is 11.8 Å². The van der Waals surface area contributed by atoms with Crippen LogP contribution in [-0.4, -0.2) is 23.6 Å². The molecule has 22 heavy (non-hydrogen) atoms. The van der Waals surface area contributed by atoms with Crippen molar-refractivity contribution >= 4 is 17.6 Å². The highest BCUT2D eigenvalue weighted by Gasteiger charge is 2.16. The molecule has 2 aromatic rings. The fraction of sp³-hybridized carbons (Fsp3) is 0.294. The molecule has 1 N–H and O–H groups in total. The molecule has 0 fully saturated rings. The zero-order chi connectivity index (χ0) is 16.4. The summed E-state index contributed by atoms with van der Waals surface area (Å²) in [5, 5.41) is 2.87. The van der Waals surface area contributed by atoms with Gasteiger partial charge in [0, 0.05) is 24.1 Å². The number of anilines is 1. The first-order chi connectivity index (χ1) is 10.3. The van der Waals surface area contributed by atoms with Crippen LogP contribution in [0.4, 0.5) is 5.69 Å². The van der Waals surface area contributed by atoms with Crippen molar-refractivity contribution in [3.05, 3.63) is 52.3 Å². The van der Waals surface area contributed by atoms with Gasteiger partial charge in [0.25, 0.3) is 5.91 Å². The van der Waals surface area contributed by atoms with Crippen molar-refractivity contribution in [1.82, 2.24) is 4.57 Å². The molecule has 2 rings (SSSR count). The molecule has 5 heteroatoms. The number of esters is 1. The van der Waals surface area contributed by atoms with Crippen LogP contribution in [0, 0.1) is 20.8 Å². The van der Waals surface area contributed by atoms with Gasteiger partial charge in [-0.25, -0.2) is 4.79 Å². The van der Waals surface area contributed by atoms with Crippen LogP contribution in [0.15, 0.2) is 24.3 Å². The Kier molecular flexibility index (Phi) is 4.35. The molecule has 0 saturated carbocycles. The number of amides is 1. The van der Waals surface area contributed by atoms with Gasteiger partial charge in [0.15, 0.2) is 0 Å². The van der Waals surface area contributed by atoms with E-state index in [9.17, 15) is 9.59 Å². The molecule has 0 aliphatic carbocycles. The molecule has 0 aliphatic rings. The molecular formula is C17H20N2O3. The smallest absolute Gasteiger partial charge is 0.337 e. The molecule has 0 aliphatic heterocycles. The number of hydrogen-bond donors (Lipinski definition) is 1. The van der Waals surface area contributed by atoms with Gasteiger partial charge in [-0.1, -0.05) is 6.07 Å². The van der Waals surface area contributed by atoms with Crippen LogP contribution >= 0.6 is 0 Å². The topological polar surface area (TPSA) is 60.3 Å². The number of nitrogens with zero attached hydrogens (tertiary/aromatic N) is 1. The summed E-state index contributed by atoms with van der Waals surface area (Å²) in [4.78, 5) is 24.1. The minimum Gasteiger partial charge on any atom is -0.465 e. The summed E-state index contributed by atoms with van der Waals surface area (Å²) in [7, 11) is 3.25. The largest absolute Gasteiger partial charge is 0.465 e. The number of hydrogen-bond acceptors (Lipinski definition) is 3. The van der Waals surface area contributed by atoms with Gasteiger partial charge < -0.3 is 14.6 Å². The third-order valence-electron chi connectivity index (χ3n) is 3.93. The van der Waals surface area contributed by atoms with Crippen LogP contribution in [0.1, 0.15) is 37.7 Å². The van der Waals surface area contributed by atoms with Gasteiger partial charge in [-0.05, 0) is 44.5 Å². The lowest BCUT2D eigenvalue weighted by atomic mass is 10.1. The van der Waals surface area contributed by atoms with E-state index in [1.54, 1.807) is 18.2 Å². The van der Waals surface area contributed by atoms with Crippen LogP contribution in [0.3, 0.4) is 0 Å². The van der Waals surface area contributed by atoms with Crippen molar-refractivity contribution in [2.45, 2.75) is 20.8 Å². The lowest BCUT2D eigenvalue weighted by Crippen LogP contribution is -2.14. The van der Waals surface area contributed by atoms with Crippen LogP contribution in [0.5, 0.6) is 0 Å². The van der Waals surface area contributed by atoms with Crippen LogP contribution in [0.2, 0.25) is 0 Å². The SMILES string of the molecule is COC(=O)c1ccc(C)c(NC(=O)c2cc(C)n(C)c2C)c1. The Labute approximate surface area is 129 Å². The second kappa shape index (κ2) is 6.05. The predicted octanol–water partition coefficient (Wildman–Crippen LogP) is 2.99. The fourth-order valence-electron chi connectivity index (χ4n) is 2.28. The predicted molar refractivity (Wildman–Crippen MR) is 85.4 cm³/mol. The molecule has 116 valence electrons. The Balaban J connectivity index is 2.32. The Morgan fingerprint density at radius 3 is 2.36 bits per heavy atom. The maximum atomic E-state index is 12.5. The molecular weight excluding hydrogens is 280 g/mol. The minimum atomic E-state index is -0.428. The molecule has 0 radical (unpaired) electrons. The molecule has 0 saturated heterocycles. The summed E-state index contributed by atoms with van der Waals surface area (Å²) >= 11 is 0. The van der Waals surface area contributed by atoms with Gasteiger partial charge in [-0.2, -0.15) is 0 Å². The normalized spacial score (nSPS) is 10.4.